The Labute approximate surface area is 123 Å². The Bertz CT molecular complexity index is 676. The number of carbonyl (C=O) groups is 2. The molecule has 21 heavy (non-hydrogen) atoms. The van der Waals surface area contributed by atoms with Gasteiger partial charge in [0.05, 0.1) is 0 Å². The number of methoxy groups -OCH3 is 2. The monoisotopic (exact) mass is 302 g/mol. The van der Waals surface area contributed by atoms with Gasteiger partial charge in [0.25, 0.3) is 0 Å². The fraction of sp³-hybridized carbons (Fsp3) is 0.125. The molecular formula is C16H15O4P. The van der Waals surface area contributed by atoms with E-state index < -0.39 is 7.26 Å². The summed E-state index contributed by atoms with van der Waals surface area (Å²) in [5.41, 5.74) is 1.77. The standard InChI is InChI=1S/C16H15O4P/c1-19-11-3-5-15-13(7-11)14-8-12(20-2)4-6-16(14)21(15,9-17)10-18/h3-10,21H,1-2H3. The van der Waals surface area contributed by atoms with E-state index in [2.05, 4.69) is 0 Å². The number of hydrogen-bond donors (Lipinski definition) is 0. The predicted molar refractivity (Wildman–Crippen MR) is 86.1 cm³/mol. The molecular weight excluding hydrogens is 287 g/mol. The van der Waals surface area contributed by atoms with Crippen LogP contribution in [0, 0.1) is 0 Å². The van der Waals surface area contributed by atoms with Crippen LogP contribution in [0.25, 0.3) is 11.1 Å². The zero-order valence-corrected chi connectivity index (χ0v) is 12.8. The van der Waals surface area contributed by atoms with Crippen LogP contribution in [0.4, 0.5) is 0 Å². The van der Waals surface area contributed by atoms with Gasteiger partial charge >= 0.3 is 122 Å². The maximum absolute atomic E-state index is 11.8. The van der Waals surface area contributed by atoms with Crippen LogP contribution in [0.15, 0.2) is 36.4 Å². The summed E-state index contributed by atoms with van der Waals surface area (Å²) in [6.45, 7) is 0. The average Bonchev–Trinajstić information content (AvgIpc) is 2.83. The quantitative estimate of drug-likeness (QED) is 0.638. The van der Waals surface area contributed by atoms with Crippen molar-refractivity contribution in [2.24, 2.45) is 0 Å². The first kappa shape index (κ1) is 13.8. The van der Waals surface area contributed by atoms with Crippen LogP contribution in [0.1, 0.15) is 0 Å². The summed E-state index contributed by atoms with van der Waals surface area (Å²) < 4.78 is 10.5. The van der Waals surface area contributed by atoms with Crippen LogP contribution < -0.4 is 20.1 Å². The van der Waals surface area contributed by atoms with E-state index in [9.17, 15) is 9.59 Å². The zero-order valence-electron chi connectivity index (χ0n) is 11.8. The summed E-state index contributed by atoms with van der Waals surface area (Å²) >= 11 is 0. The first-order valence-electron chi connectivity index (χ1n) is 6.50. The number of benzene rings is 2. The normalized spacial score (nSPS) is 15.5. The van der Waals surface area contributed by atoms with Gasteiger partial charge in [0.2, 0.25) is 0 Å². The molecule has 1 heterocycles. The van der Waals surface area contributed by atoms with Gasteiger partial charge in [-0.3, -0.25) is 0 Å². The van der Waals surface area contributed by atoms with Crippen LogP contribution in [0.2, 0.25) is 0 Å². The van der Waals surface area contributed by atoms with Crippen molar-refractivity contribution in [3.05, 3.63) is 36.4 Å². The van der Waals surface area contributed by atoms with Gasteiger partial charge in [-0.25, -0.2) is 0 Å². The molecule has 0 radical (unpaired) electrons. The minimum atomic E-state index is -2.97. The van der Waals surface area contributed by atoms with Crippen LogP contribution >= 0.6 is 7.26 Å². The molecule has 2 aromatic rings. The van der Waals surface area contributed by atoms with Crippen LogP contribution in [0.3, 0.4) is 0 Å². The van der Waals surface area contributed by atoms with E-state index >= 15 is 0 Å². The van der Waals surface area contributed by atoms with Crippen LogP contribution in [0.5, 0.6) is 11.5 Å². The zero-order chi connectivity index (χ0) is 15.0. The fourth-order valence-electron chi connectivity index (χ4n) is 2.89. The Kier molecular flexibility index (Phi) is 3.26. The summed E-state index contributed by atoms with van der Waals surface area (Å²) in [5.74, 6) is 1.40. The van der Waals surface area contributed by atoms with E-state index in [4.69, 9.17) is 9.47 Å². The molecule has 0 bridgehead atoms. The molecule has 1 aliphatic rings. The predicted octanol–water partition coefficient (Wildman–Crippen LogP) is 1.77. The molecule has 0 fully saturated rings. The van der Waals surface area contributed by atoms with E-state index in [1.54, 1.807) is 26.4 Å². The van der Waals surface area contributed by atoms with E-state index in [1.807, 2.05) is 24.3 Å². The molecule has 0 N–H and O–H groups in total. The first-order valence-corrected chi connectivity index (χ1v) is 8.65. The van der Waals surface area contributed by atoms with E-state index in [0.29, 0.717) is 11.5 Å². The van der Waals surface area contributed by atoms with Gasteiger partial charge in [-0.05, 0) is 0 Å². The topological polar surface area (TPSA) is 52.6 Å². The number of rotatable bonds is 4. The Hall–Kier alpha value is -2.19. The fourth-order valence-corrected chi connectivity index (χ4v) is 5.77. The van der Waals surface area contributed by atoms with Gasteiger partial charge in [0.1, 0.15) is 0 Å². The summed E-state index contributed by atoms with van der Waals surface area (Å²) in [4.78, 5) is 23.5. The molecule has 0 spiro atoms. The molecule has 0 saturated carbocycles. The van der Waals surface area contributed by atoms with E-state index in [0.717, 1.165) is 33.8 Å². The minimum absolute atomic E-state index is 0.698. The van der Waals surface area contributed by atoms with E-state index in [1.165, 1.54) is 0 Å². The van der Waals surface area contributed by atoms with Crippen molar-refractivity contribution in [1.29, 1.82) is 0 Å². The van der Waals surface area contributed by atoms with Gasteiger partial charge in [-0.15, -0.1) is 0 Å². The van der Waals surface area contributed by atoms with Crippen LogP contribution in [-0.2, 0) is 9.59 Å². The Balaban J connectivity index is 2.37. The van der Waals surface area contributed by atoms with Crippen molar-refractivity contribution < 1.29 is 19.1 Å². The van der Waals surface area contributed by atoms with Gasteiger partial charge < -0.3 is 0 Å². The molecule has 0 atom stereocenters. The molecule has 1 aliphatic heterocycles. The third kappa shape index (κ3) is 1.79. The molecule has 0 aliphatic carbocycles. The summed E-state index contributed by atoms with van der Waals surface area (Å²) in [6.07, 6.45) is 0. The Morgan fingerprint density at radius 1 is 0.810 bits per heavy atom. The van der Waals surface area contributed by atoms with Crippen molar-refractivity contribution in [3.8, 4) is 22.6 Å². The first-order chi connectivity index (χ1) is 10.2. The second kappa shape index (κ2) is 4.97. The van der Waals surface area contributed by atoms with Gasteiger partial charge in [0.15, 0.2) is 0 Å². The molecule has 2 aromatic carbocycles. The molecule has 0 aromatic heterocycles. The van der Waals surface area contributed by atoms with Crippen molar-refractivity contribution >= 4 is 29.9 Å². The number of ether oxygens (including phenoxy) is 2. The maximum atomic E-state index is 11.8. The SMILES string of the molecule is COc1ccc2c(c1)-c1cc(OC)ccc1[PH]2(C=O)C=O. The number of carbonyl (C=O) groups excluding carboxylic acids is 2. The molecule has 5 heteroatoms. The molecule has 3 rings (SSSR count). The van der Waals surface area contributed by atoms with Gasteiger partial charge in [0, 0.05) is 0 Å². The molecule has 0 saturated heterocycles. The second-order valence-electron chi connectivity index (χ2n) is 4.93. The van der Waals surface area contributed by atoms with Crippen molar-refractivity contribution in [1.82, 2.24) is 0 Å². The number of hydrogen-bond acceptors (Lipinski definition) is 4. The molecule has 0 amide bonds. The van der Waals surface area contributed by atoms with Crippen molar-refractivity contribution in [2.45, 2.75) is 0 Å². The summed E-state index contributed by atoms with van der Waals surface area (Å²) in [6, 6.07) is 12.6. The molecule has 4 nitrogen and oxygen atoms in total. The van der Waals surface area contributed by atoms with Crippen LogP contribution in [-0.4, -0.2) is 26.3 Å². The number of fused-ring (bicyclic) bond motifs is 3. The third-order valence-corrected chi connectivity index (χ3v) is 7.41. The van der Waals surface area contributed by atoms with Crippen molar-refractivity contribution in [3.63, 3.8) is 0 Å². The second-order valence-corrected chi connectivity index (χ2v) is 8.21. The average molecular weight is 302 g/mol. The summed E-state index contributed by atoms with van der Waals surface area (Å²) in [5, 5.41) is 1.63. The molecule has 108 valence electrons. The molecule has 0 unspecified atom stereocenters. The van der Waals surface area contributed by atoms with Gasteiger partial charge in [-0.2, -0.15) is 0 Å². The van der Waals surface area contributed by atoms with Crippen molar-refractivity contribution in [2.75, 3.05) is 14.2 Å². The Morgan fingerprint density at radius 2 is 1.24 bits per heavy atom. The Morgan fingerprint density at radius 3 is 1.57 bits per heavy atom. The van der Waals surface area contributed by atoms with E-state index in [-0.39, 0.29) is 0 Å². The summed E-state index contributed by atoms with van der Waals surface area (Å²) in [7, 11) is 0.216. The van der Waals surface area contributed by atoms with Gasteiger partial charge in [-0.1, -0.05) is 0 Å². The third-order valence-electron chi connectivity index (χ3n) is 4.01.